The van der Waals surface area contributed by atoms with Crippen molar-refractivity contribution in [2.45, 2.75) is 20.3 Å². The molecule has 1 unspecified atom stereocenters. The molecule has 0 bridgehead atoms. The van der Waals surface area contributed by atoms with Crippen LogP contribution in [-0.2, 0) is 4.79 Å². The van der Waals surface area contributed by atoms with Gasteiger partial charge in [0.25, 0.3) is 0 Å². The molecule has 2 heterocycles. The first kappa shape index (κ1) is 12.8. The van der Waals surface area contributed by atoms with Gasteiger partial charge in [0, 0.05) is 23.9 Å². The van der Waals surface area contributed by atoms with Gasteiger partial charge in [-0.25, -0.2) is 0 Å². The lowest BCUT2D eigenvalue weighted by atomic mass is 9.90. The number of aryl methyl sites for hydroxylation is 1. The van der Waals surface area contributed by atoms with Gasteiger partial charge in [0.1, 0.15) is 0 Å². The van der Waals surface area contributed by atoms with Crippen molar-refractivity contribution in [3.05, 3.63) is 30.0 Å². The maximum Gasteiger partial charge on any atom is 0.311 e. The second kappa shape index (κ2) is 4.44. The third-order valence-electron chi connectivity index (χ3n) is 4.14. The van der Waals surface area contributed by atoms with Crippen molar-refractivity contribution in [1.82, 2.24) is 10.2 Å². The molecule has 1 saturated heterocycles. The van der Waals surface area contributed by atoms with Gasteiger partial charge >= 0.3 is 5.97 Å². The largest absolute Gasteiger partial charge is 0.481 e. The fourth-order valence-electron chi connectivity index (χ4n) is 2.77. The minimum Gasteiger partial charge on any atom is -0.481 e. The summed E-state index contributed by atoms with van der Waals surface area (Å²) in [6.45, 7) is 4.90. The number of aliphatic carboxylic acids is 1. The summed E-state index contributed by atoms with van der Waals surface area (Å²) >= 11 is 0. The minimum atomic E-state index is -0.746. The Kier molecular flexibility index (Phi) is 2.85. The van der Waals surface area contributed by atoms with Crippen molar-refractivity contribution in [3.63, 3.8) is 0 Å². The highest BCUT2D eigenvalue weighted by atomic mass is 16.4. The van der Waals surface area contributed by atoms with Crippen LogP contribution in [0.5, 0.6) is 0 Å². The maximum atomic E-state index is 11.4. The summed E-state index contributed by atoms with van der Waals surface area (Å²) in [6.07, 6.45) is 0.631. The summed E-state index contributed by atoms with van der Waals surface area (Å²) in [6, 6.07) is 7.99. The number of carboxylic acids is 1. The van der Waals surface area contributed by atoms with E-state index in [-0.39, 0.29) is 0 Å². The van der Waals surface area contributed by atoms with Gasteiger partial charge in [0.15, 0.2) is 5.82 Å². The van der Waals surface area contributed by atoms with Crippen molar-refractivity contribution in [1.29, 1.82) is 0 Å². The van der Waals surface area contributed by atoms with E-state index in [1.54, 1.807) is 6.92 Å². The van der Waals surface area contributed by atoms with Gasteiger partial charge in [-0.3, -0.25) is 4.79 Å². The predicted octanol–water partition coefficient (Wildman–Crippen LogP) is 2.24. The summed E-state index contributed by atoms with van der Waals surface area (Å²) in [5, 5.41) is 19.9. The number of hydrogen-bond donors (Lipinski definition) is 1. The molecule has 1 atom stereocenters. The second-order valence-electron chi connectivity index (χ2n) is 5.69. The molecular formula is C15H17N3O2. The zero-order valence-corrected chi connectivity index (χ0v) is 11.6. The molecule has 5 heteroatoms. The number of anilines is 1. The number of rotatable bonds is 2. The molecule has 3 rings (SSSR count). The first-order valence-electron chi connectivity index (χ1n) is 6.72. The van der Waals surface area contributed by atoms with Crippen LogP contribution in [0.3, 0.4) is 0 Å². The standard InChI is InChI=1S/C15H17N3O2/c1-10-11-5-3-4-6-12(11)13(17-16-10)18-8-7-15(2,9-18)14(19)20/h3-6H,7-9H2,1-2H3,(H,19,20). The highest BCUT2D eigenvalue weighted by Gasteiger charge is 2.41. The Balaban J connectivity index is 2.05. The molecule has 1 aromatic carbocycles. The van der Waals surface area contributed by atoms with Gasteiger partial charge in [0.2, 0.25) is 0 Å². The van der Waals surface area contributed by atoms with E-state index < -0.39 is 11.4 Å². The van der Waals surface area contributed by atoms with Crippen LogP contribution in [0.2, 0.25) is 0 Å². The first-order chi connectivity index (χ1) is 9.51. The molecular weight excluding hydrogens is 254 g/mol. The molecule has 0 aliphatic carbocycles. The molecule has 1 aromatic heterocycles. The summed E-state index contributed by atoms with van der Waals surface area (Å²) in [4.78, 5) is 13.4. The molecule has 0 spiro atoms. The topological polar surface area (TPSA) is 66.3 Å². The van der Waals surface area contributed by atoms with E-state index >= 15 is 0 Å². The Morgan fingerprint density at radius 3 is 2.65 bits per heavy atom. The van der Waals surface area contributed by atoms with Crippen LogP contribution in [-0.4, -0.2) is 34.4 Å². The van der Waals surface area contributed by atoms with Crippen molar-refractivity contribution >= 4 is 22.6 Å². The van der Waals surface area contributed by atoms with Crippen molar-refractivity contribution < 1.29 is 9.90 Å². The molecule has 5 nitrogen and oxygen atoms in total. The van der Waals surface area contributed by atoms with Gasteiger partial charge in [-0.15, -0.1) is 5.10 Å². The third-order valence-corrected chi connectivity index (χ3v) is 4.14. The molecule has 1 aliphatic rings. The number of carboxylic acid groups (broad SMARTS) is 1. The third kappa shape index (κ3) is 1.90. The average molecular weight is 271 g/mol. The van der Waals surface area contributed by atoms with E-state index in [0.29, 0.717) is 19.5 Å². The van der Waals surface area contributed by atoms with Crippen LogP contribution >= 0.6 is 0 Å². The molecule has 2 aromatic rings. The van der Waals surface area contributed by atoms with E-state index in [9.17, 15) is 9.90 Å². The van der Waals surface area contributed by atoms with Crippen LogP contribution in [0.4, 0.5) is 5.82 Å². The maximum absolute atomic E-state index is 11.4. The Hall–Kier alpha value is -2.17. The van der Waals surface area contributed by atoms with E-state index in [4.69, 9.17) is 0 Å². The summed E-state index contributed by atoms with van der Waals surface area (Å²) < 4.78 is 0. The highest BCUT2D eigenvalue weighted by molar-refractivity contribution is 5.93. The number of carbonyl (C=O) groups is 1. The fourth-order valence-corrected chi connectivity index (χ4v) is 2.77. The molecule has 0 saturated carbocycles. The molecule has 1 aliphatic heterocycles. The Labute approximate surface area is 117 Å². The van der Waals surface area contributed by atoms with Gasteiger partial charge in [-0.05, 0) is 20.3 Å². The van der Waals surface area contributed by atoms with Gasteiger partial charge in [0.05, 0.1) is 11.1 Å². The lowest BCUT2D eigenvalue weighted by Gasteiger charge is -2.21. The molecule has 0 amide bonds. The van der Waals surface area contributed by atoms with Crippen LogP contribution < -0.4 is 4.90 Å². The quantitative estimate of drug-likeness (QED) is 0.907. The summed E-state index contributed by atoms with van der Waals surface area (Å²) in [5.41, 5.74) is 0.192. The minimum absolute atomic E-state index is 0.476. The highest BCUT2D eigenvalue weighted by Crippen LogP contribution is 2.35. The Morgan fingerprint density at radius 1 is 1.30 bits per heavy atom. The summed E-state index contributed by atoms with van der Waals surface area (Å²) in [5.74, 6) is 0.0422. The van der Waals surface area contributed by atoms with Crippen LogP contribution in [0.1, 0.15) is 19.0 Å². The van der Waals surface area contributed by atoms with Gasteiger partial charge < -0.3 is 10.0 Å². The molecule has 20 heavy (non-hydrogen) atoms. The monoisotopic (exact) mass is 271 g/mol. The van der Waals surface area contributed by atoms with Gasteiger partial charge in [-0.1, -0.05) is 24.3 Å². The Morgan fingerprint density at radius 2 is 2.00 bits per heavy atom. The van der Waals surface area contributed by atoms with E-state index in [0.717, 1.165) is 22.3 Å². The fraction of sp³-hybridized carbons (Fsp3) is 0.400. The lowest BCUT2D eigenvalue weighted by Crippen LogP contribution is -2.32. The number of benzene rings is 1. The predicted molar refractivity (Wildman–Crippen MR) is 76.8 cm³/mol. The van der Waals surface area contributed by atoms with Crippen molar-refractivity contribution in [2.75, 3.05) is 18.0 Å². The van der Waals surface area contributed by atoms with Crippen molar-refractivity contribution in [2.24, 2.45) is 5.41 Å². The second-order valence-corrected chi connectivity index (χ2v) is 5.69. The number of nitrogens with zero attached hydrogens (tertiary/aromatic N) is 3. The normalized spacial score (nSPS) is 22.4. The van der Waals surface area contributed by atoms with Gasteiger partial charge in [-0.2, -0.15) is 5.10 Å². The first-order valence-corrected chi connectivity index (χ1v) is 6.72. The van der Waals surface area contributed by atoms with E-state index in [1.165, 1.54) is 0 Å². The zero-order chi connectivity index (χ0) is 14.3. The number of hydrogen-bond acceptors (Lipinski definition) is 4. The van der Waals surface area contributed by atoms with E-state index in [1.807, 2.05) is 36.1 Å². The molecule has 104 valence electrons. The summed E-state index contributed by atoms with van der Waals surface area (Å²) in [7, 11) is 0. The van der Waals surface area contributed by atoms with Crippen LogP contribution in [0.25, 0.3) is 10.8 Å². The Bertz CT molecular complexity index is 686. The van der Waals surface area contributed by atoms with Crippen LogP contribution in [0.15, 0.2) is 24.3 Å². The zero-order valence-electron chi connectivity index (χ0n) is 11.6. The number of aromatic nitrogens is 2. The van der Waals surface area contributed by atoms with Crippen molar-refractivity contribution in [3.8, 4) is 0 Å². The molecule has 1 N–H and O–H groups in total. The SMILES string of the molecule is Cc1nnc(N2CCC(C)(C(=O)O)C2)c2ccccc12. The van der Waals surface area contributed by atoms with Crippen LogP contribution in [0, 0.1) is 12.3 Å². The lowest BCUT2D eigenvalue weighted by molar-refractivity contribution is -0.146. The van der Waals surface area contributed by atoms with E-state index in [2.05, 4.69) is 10.2 Å². The smallest absolute Gasteiger partial charge is 0.311 e. The average Bonchev–Trinajstić information content (AvgIpc) is 2.83. The number of fused-ring (bicyclic) bond motifs is 1. The molecule has 0 radical (unpaired) electrons. The molecule has 1 fully saturated rings.